The molecule has 2 aromatic rings. The van der Waals surface area contributed by atoms with Crippen LogP contribution in [0.3, 0.4) is 0 Å². The van der Waals surface area contributed by atoms with E-state index in [0.29, 0.717) is 13.1 Å². The van der Waals surface area contributed by atoms with Crippen molar-refractivity contribution >= 4 is 15.9 Å². The van der Waals surface area contributed by atoms with Gasteiger partial charge in [-0.1, -0.05) is 6.07 Å². The number of carbonyl (C=O) groups is 1. The molecule has 9 nitrogen and oxygen atoms in total. The molecule has 1 fully saturated rings. The van der Waals surface area contributed by atoms with Crippen LogP contribution >= 0.6 is 0 Å². The summed E-state index contributed by atoms with van der Waals surface area (Å²) in [6, 6.07) is 3.93. The summed E-state index contributed by atoms with van der Waals surface area (Å²) >= 11 is 0. The van der Waals surface area contributed by atoms with Gasteiger partial charge in [0.05, 0.1) is 11.6 Å². The Morgan fingerprint density at radius 1 is 1.19 bits per heavy atom. The standard InChI is InChI=1S/C16H20N6O3S/c23-15(13-5-1-3-12-4-2-6-17-14(12)13)21-7-9-22(10-8-21)26(24,25)16-18-11-19-20-16/h2,4,6,11,13H,1,3,5,7-10H2,(H,18,19,20)/t13-/m1/s1. The summed E-state index contributed by atoms with van der Waals surface area (Å²) in [7, 11) is -3.69. The van der Waals surface area contributed by atoms with Gasteiger partial charge >= 0.3 is 0 Å². The number of pyridine rings is 1. The van der Waals surface area contributed by atoms with Gasteiger partial charge in [-0.25, -0.2) is 18.5 Å². The Morgan fingerprint density at radius 2 is 2.00 bits per heavy atom. The van der Waals surface area contributed by atoms with E-state index >= 15 is 0 Å². The number of carbonyl (C=O) groups excluding carboxylic acids is 1. The van der Waals surface area contributed by atoms with Crippen molar-refractivity contribution in [1.82, 2.24) is 29.4 Å². The lowest BCUT2D eigenvalue weighted by molar-refractivity contribution is -0.134. The van der Waals surface area contributed by atoms with Crippen LogP contribution in [-0.4, -0.2) is 69.9 Å². The molecule has 0 radical (unpaired) electrons. The Bertz CT molecular complexity index is 890. The summed E-state index contributed by atoms with van der Waals surface area (Å²) in [5, 5.41) is 5.82. The minimum absolute atomic E-state index is 0.0429. The number of H-pyrrole nitrogens is 1. The molecule has 0 bridgehead atoms. The Hall–Kier alpha value is -2.33. The smallest absolute Gasteiger partial charge is 0.278 e. The molecule has 0 unspecified atom stereocenters. The van der Waals surface area contributed by atoms with Crippen molar-refractivity contribution in [2.24, 2.45) is 0 Å². The Balaban J connectivity index is 1.45. The highest BCUT2D eigenvalue weighted by Crippen LogP contribution is 2.31. The fourth-order valence-electron chi connectivity index (χ4n) is 3.66. The van der Waals surface area contributed by atoms with Gasteiger partial charge in [-0.2, -0.15) is 9.40 Å². The van der Waals surface area contributed by atoms with Crippen LogP contribution in [0.5, 0.6) is 0 Å². The van der Waals surface area contributed by atoms with Crippen molar-refractivity contribution in [3.63, 3.8) is 0 Å². The highest BCUT2D eigenvalue weighted by Gasteiger charge is 2.36. The van der Waals surface area contributed by atoms with Gasteiger partial charge in [0, 0.05) is 32.4 Å². The molecule has 1 saturated heterocycles. The van der Waals surface area contributed by atoms with Gasteiger partial charge in [0.2, 0.25) is 5.91 Å². The maximum atomic E-state index is 13.0. The molecule has 1 aliphatic carbocycles. The molecule has 0 spiro atoms. The molecule has 10 heteroatoms. The zero-order valence-corrected chi connectivity index (χ0v) is 15.0. The number of aromatic nitrogens is 4. The van der Waals surface area contributed by atoms with Gasteiger partial charge in [0.1, 0.15) is 6.33 Å². The fourth-order valence-corrected chi connectivity index (χ4v) is 4.90. The number of amides is 1. The number of piperazine rings is 1. The minimum Gasteiger partial charge on any atom is -0.339 e. The largest absolute Gasteiger partial charge is 0.339 e. The minimum atomic E-state index is -3.69. The number of sulfonamides is 1. The van der Waals surface area contributed by atoms with Crippen LogP contribution in [-0.2, 0) is 21.2 Å². The summed E-state index contributed by atoms with van der Waals surface area (Å²) in [6.07, 6.45) is 5.61. The SMILES string of the molecule is O=C([C@@H]1CCCc2cccnc21)N1CCN(S(=O)(=O)c2ncn[nH]2)CC1. The van der Waals surface area contributed by atoms with E-state index in [4.69, 9.17) is 0 Å². The number of nitrogens with one attached hydrogen (secondary N) is 1. The predicted octanol–water partition coefficient (Wildman–Crippen LogP) is 0.153. The Morgan fingerprint density at radius 3 is 2.73 bits per heavy atom. The van der Waals surface area contributed by atoms with Crippen molar-refractivity contribution in [2.45, 2.75) is 30.3 Å². The highest BCUT2D eigenvalue weighted by atomic mass is 32.2. The van der Waals surface area contributed by atoms with E-state index in [1.165, 1.54) is 10.6 Å². The molecule has 4 rings (SSSR count). The van der Waals surface area contributed by atoms with Crippen molar-refractivity contribution in [3.8, 4) is 0 Å². The summed E-state index contributed by atoms with van der Waals surface area (Å²) in [4.78, 5) is 22.9. The summed E-state index contributed by atoms with van der Waals surface area (Å²) in [5.41, 5.74) is 2.02. The van der Waals surface area contributed by atoms with Gasteiger partial charge in [-0.3, -0.25) is 9.78 Å². The molecule has 2 aromatic heterocycles. The van der Waals surface area contributed by atoms with Crippen LogP contribution in [0.1, 0.15) is 30.0 Å². The highest BCUT2D eigenvalue weighted by molar-refractivity contribution is 7.88. The number of aromatic amines is 1. The van der Waals surface area contributed by atoms with Crippen molar-refractivity contribution < 1.29 is 13.2 Å². The van der Waals surface area contributed by atoms with Gasteiger partial charge < -0.3 is 4.90 Å². The van der Waals surface area contributed by atoms with E-state index in [0.717, 1.165) is 30.5 Å². The van der Waals surface area contributed by atoms with Gasteiger partial charge in [0.15, 0.2) is 0 Å². The number of nitrogens with zero attached hydrogens (tertiary/aromatic N) is 5. The van der Waals surface area contributed by atoms with E-state index in [-0.39, 0.29) is 30.1 Å². The quantitative estimate of drug-likeness (QED) is 0.816. The lowest BCUT2D eigenvalue weighted by Crippen LogP contribution is -2.52. The van der Waals surface area contributed by atoms with Gasteiger partial charge in [-0.15, -0.1) is 0 Å². The first-order valence-electron chi connectivity index (χ1n) is 8.65. The first kappa shape index (κ1) is 17.1. The Kier molecular flexibility index (Phi) is 4.45. The van der Waals surface area contributed by atoms with Crippen LogP contribution in [0, 0.1) is 0 Å². The average molecular weight is 376 g/mol. The fraction of sp³-hybridized carbons (Fsp3) is 0.500. The third-order valence-corrected chi connectivity index (χ3v) is 6.75. The molecule has 1 aliphatic heterocycles. The second kappa shape index (κ2) is 6.76. The van der Waals surface area contributed by atoms with E-state index in [1.54, 1.807) is 11.1 Å². The molecule has 1 atom stereocenters. The number of aryl methyl sites for hydroxylation is 1. The van der Waals surface area contributed by atoms with E-state index in [2.05, 4.69) is 20.2 Å². The molecular weight excluding hydrogens is 356 g/mol. The molecule has 138 valence electrons. The summed E-state index contributed by atoms with van der Waals surface area (Å²) < 4.78 is 26.3. The molecule has 1 N–H and O–H groups in total. The van der Waals surface area contributed by atoms with Crippen molar-refractivity contribution in [3.05, 3.63) is 35.9 Å². The second-order valence-corrected chi connectivity index (χ2v) is 8.37. The van der Waals surface area contributed by atoms with E-state index in [9.17, 15) is 13.2 Å². The third-order valence-electron chi connectivity index (χ3n) is 5.02. The lowest BCUT2D eigenvalue weighted by atomic mass is 9.85. The Labute approximate surface area is 151 Å². The van der Waals surface area contributed by atoms with Crippen molar-refractivity contribution in [2.75, 3.05) is 26.2 Å². The monoisotopic (exact) mass is 376 g/mol. The number of hydrogen-bond donors (Lipinski definition) is 1. The second-order valence-electron chi connectivity index (χ2n) is 6.51. The molecule has 3 heterocycles. The predicted molar refractivity (Wildman–Crippen MR) is 91.6 cm³/mol. The summed E-state index contributed by atoms with van der Waals surface area (Å²) in [5.74, 6) is -0.182. The molecule has 0 aromatic carbocycles. The topological polar surface area (TPSA) is 112 Å². The summed E-state index contributed by atoms with van der Waals surface area (Å²) in [6.45, 7) is 1.23. The lowest BCUT2D eigenvalue weighted by Gasteiger charge is -2.36. The first-order valence-corrected chi connectivity index (χ1v) is 10.1. The zero-order chi connectivity index (χ0) is 18.1. The molecular formula is C16H20N6O3S. The van der Waals surface area contributed by atoms with E-state index < -0.39 is 10.0 Å². The first-order chi connectivity index (χ1) is 12.6. The van der Waals surface area contributed by atoms with Crippen LogP contribution in [0.25, 0.3) is 0 Å². The van der Waals surface area contributed by atoms with E-state index in [1.807, 2.05) is 12.1 Å². The number of fused-ring (bicyclic) bond motifs is 1. The molecule has 0 saturated carbocycles. The third kappa shape index (κ3) is 2.99. The molecule has 2 aliphatic rings. The maximum Gasteiger partial charge on any atom is 0.278 e. The average Bonchev–Trinajstić information content (AvgIpc) is 3.23. The van der Waals surface area contributed by atoms with Crippen LogP contribution < -0.4 is 0 Å². The van der Waals surface area contributed by atoms with Crippen LogP contribution in [0.4, 0.5) is 0 Å². The van der Waals surface area contributed by atoms with Gasteiger partial charge in [-0.05, 0) is 30.9 Å². The van der Waals surface area contributed by atoms with Crippen molar-refractivity contribution in [1.29, 1.82) is 0 Å². The van der Waals surface area contributed by atoms with Gasteiger partial charge in [0.25, 0.3) is 15.2 Å². The zero-order valence-electron chi connectivity index (χ0n) is 14.2. The van der Waals surface area contributed by atoms with Crippen LogP contribution in [0.2, 0.25) is 0 Å². The number of hydrogen-bond acceptors (Lipinski definition) is 6. The number of rotatable bonds is 3. The normalized spacial score (nSPS) is 21.4. The maximum absolute atomic E-state index is 13.0. The van der Waals surface area contributed by atoms with Crippen LogP contribution in [0.15, 0.2) is 29.8 Å². The molecule has 26 heavy (non-hydrogen) atoms. The molecule has 1 amide bonds.